The van der Waals surface area contributed by atoms with Gasteiger partial charge in [-0.05, 0) is 89.6 Å². The summed E-state index contributed by atoms with van der Waals surface area (Å²) in [6.45, 7) is 0. The van der Waals surface area contributed by atoms with Crippen LogP contribution in [0.25, 0.3) is 136 Å². The van der Waals surface area contributed by atoms with Gasteiger partial charge in [0.2, 0.25) is 0 Å². The summed E-state index contributed by atoms with van der Waals surface area (Å²) in [7, 11) is 0. The molecule has 0 aliphatic rings. The average Bonchev–Trinajstić information content (AvgIpc) is 4.08. The first-order chi connectivity index (χ1) is 30.7. The quantitative estimate of drug-likeness (QED) is 0.177. The molecule has 7 heteroatoms. The number of nitrogens with zero attached hydrogens (tertiary/aromatic N) is 4. The second-order valence-electron chi connectivity index (χ2n) is 16.0. The van der Waals surface area contributed by atoms with Crippen molar-refractivity contribution in [1.29, 1.82) is 0 Å². The monoisotopic (exact) mass is 810 g/mol. The second kappa shape index (κ2) is 12.7. The van der Waals surface area contributed by atoms with E-state index in [-0.39, 0.29) is 0 Å². The maximum Gasteiger partial charge on any atom is 0.166 e. The topological polar surface area (TPSA) is 69.9 Å². The van der Waals surface area contributed by atoms with Gasteiger partial charge >= 0.3 is 0 Å². The number of thiophene rings is 1. The van der Waals surface area contributed by atoms with E-state index in [2.05, 4.69) is 150 Å². The lowest BCUT2D eigenvalue weighted by atomic mass is 10.0. The van der Waals surface area contributed by atoms with Gasteiger partial charge in [-0.25, -0.2) is 15.0 Å². The van der Waals surface area contributed by atoms with Gasteiger partial charge in [0.1, 0.15) is 22.3 Å². The molecule has 0 N–H and O–H groups in total. The summed E-state index contributed by atoms with van der Waals surface area (Å²) in [6.07, 6.45) is 0. The SMILES string of the molecule is c1ccc2cc3c(cc2c1)c1ccccc1n3-c1cc2oc3ccccc3c2cc1-c1nc(-c2ccc3oc4ccccc4c3c2)nc(-c2ccc3sc4ccccc4c3c2)n1. The van der Waals surface area contributed by atoms with Crippen LogP contribution in [0.5, 0.6) is 0 Å². The Morgan fingerprint density at radius 2 is 0.919 bits per heavy atom. The molecule has 0 spiro atoms. The third kappa shape index (κ3) is 4.94. The number of rotatable bonds is 4. The summed E-state index contributed by atoms with van der Waals surface area (Å²) < 4.78 is 17.7. The fourth-order valence-electron chi connectivity index (χ4n) is 9.52. The fourth-order valence-corrected chi connectivity index (χ4v) is 10.6. The van der Waals surface area contributed by atoms with Crippen LogP contribution in [0, 0.1) is 0 Å². The maximum atomic E-state index is 6.62. The standard InChI is InChI=1S/C55H30N4O2S/c1-2-12-32-28-45-39(25-31(32)11-1)35-13-3-7-17-44(35)59(45)46-30-50-41(37-15-5-9-19-48(37)61-50)29-43(46)55-57-53(33-21-23-49-40(26-33)36-14-4-8-18-47(36)60-49)56-54(58-55)34-22-24-52-42(27-34)38-16-6-10-20-51(38)62-52/h1-30H. The summed E-state index contributed by atoms with van der Waals surface area (Å²) in [5.41, 5.74) is 9.01. The highest BCUT2D eigenvalue weighted by molar-refractivity contribution is 7.25. The zero-order valence-corrected chi connectivity index (χ0v) is 33.7. The Morgan fingerprint density at radius 1 is 0.355 bits per heavy atom. The van der Waals surface area contributed by atoms with Gasteiger partial charge in [-0.3, -0.25) is 0 Å². The Morgan fingerprint density at radius 3 is 1.71 bits per heavy atom. The first-order valence-electron chi connectivity index (χ1n) is 20.7. The Hall–Kier alpha value is -8.13. The van der Waals surface area contributed by atoms with Crippen LogP contribution in [0.2, 0.25) is 0 Å². The largest absolute Gasteiger partial charge is 0.456 e. The van der Waals surface area contributed by atoms with Crippen LogP contribution in [0.15, 0.2) is 191 Å². The predicted octanol–water partition coefficient (Wildman–Crippen LogP) is 15.3. The molecule has 14 aromatic rings. The number of hydrogen-bond donors (Lipinski definition) is 0. The Kier molecular flexibility index (Phi) is 6.89. The zero-order valence-electron chi connectivity index (χ0n) is 32.8. The van der Waals surface area contributed by atoms with Crippen LogP contribution in [0.1, 0.15) is 0 Å². The van der Waals surface area contributed by atoms with Gasteiger partial charge in [-0.15, -0.1) is 11.3 Å². The number of furan rings is 2. The van der Waals surface area contributed by atoms with Crippen LogP contribution in [0.3, 0.4) is 0 Å². The molecule has 0 saturated heterocycles. The molecule has 0 aliphatic carbocycles. The second-order valence-corrected chi connectivity index (χ2v) is 17.0. The van der Waals surface area contributed by atoms with Crippen LogP contribution in [-0.4, -0.2) is 19.5 Å². The van der Waals surface area contributed by atoms with Crippen molar-refractivity contribution in [3.8, 4) is 39.9 Å². The third-order valence-corrected chi connectivity index (χ3v) is 13.6. The molecule has 14 rings (SSSR count). The van der Waals surface area contributed by atoms with Crippen molar-refractivity contribution < 1.29 is 8.83 Å². The molecule has 0 amide bonds. The van der Waals surface area contributed by atoms with E-state index in [1.54, 1.807) is 11.3 Å². The molecule has 0 unspecified atom stereocenters. The number of aromatic nitrogens is 4. The molecule has 6 nitrogen and oxygen atoms in total. The molecule has 0 fully saturated rings. The normalized spacial score (nSPS) is 12.2. The first-order valence-corrected chi connectivity index (χ1v) is 21.5. The minimum Gasteiger partial charge on any atom is -0.456 e. The van der Waals surface area contributed by atoms with Crippen LogP contribution >= 0.6 is 11.3 Å². The van der Waals surface area contributed by atoms with Crippen molar-refractivity contribution >= 4 is 108 Å². The van der Waals surface area contributed by atoms with E-state index in [0.717, 1.165) is 82.7 Å². The van der Waals surface area contributed by atoms with E-state index in [9.17, 15) is 0 Å². The average molecular weight is 811 g/mol. The Labute approximate surface area is 356 Å². The third-order valence-electron chi connectivity index (χ3n) is 12.4. The first kappa shape index (κ1) is 33.7. The highest BCUT2D eigenvalue weighted by Gasteiger charge is 2.23. The van der Waals surface area contributed by atoms with Crippen LogP contribution < -0.4 is 0 Å². The van der Waals surface area contributed by atoms with Crippen molar-refractivity contribution in [2.75, 3.05) is 0 Å². The van der Waals surface area contributed by atoms with Crippen LogP contribution in [0.4, 0.5) is 0 Å². The minimum absolute atomic E-state index is 0.561. The summed E-state index contributed by atoms with van der Waals surface area (Å²) in [4.78, 5) is 16.2. The molecule has 0 bridgehead atoms. The van der Waals surface area contributed by atoms with Gasteiger partial charge < -0.3 is 13.4 Å². The van der Waals surface area contributed by atoms with E-state index >= 15 is 0 Å². The van der Waals surface area contributed by atoms with Crippen molar-refractivity contribution in [3.05, 3.63) is 182 Å². The Balaban J connectivity index is 1.09. The van der Waals surface area contributed by atoms with E-state index in [1.807, 2.05) is 36.4 Å². The molecule has 5 aromatic heterocycles. The van der Waals surface area contributed by atoms with Crippen molar-refractivity contribution in [2.45, 2.75) is 0 Å². The van der Waals surface area contributed by atoms with E-state index in [4.69, 9.17) is 23.8 Å². The molecule has 5 heterocycles. The van der Waals surface area contributed by atoms with Crippen molar-refractivity contribution in [1.82, 2.24) is 19.5 Å². The van der Waals surface area contributed by atoms with Gasteiger partial charge in [-0.2, -0.15) is 0 Å². The highest BCUT2D eigenvalue weighted by Crippen LogP contribution is 2.43. The molecule has 0 atom stereocenters. The Bertz CT molecular complexity index is 4060. The molecule has 288 valence electrons. The van der Waals surface area contributed by atoms with Gasteiger partial charge in [0.25, 0.3) is 0 Å². The number of para-hydroxylation sites is 3. The summed E-state index contributed by atoms with van der Waals surface area (Å²) in [6, 6.07) is 63.9. The lowest BCUT2D eigenvalue weighted by Gasteiger charge is -2.15. The molecule has 62 heavy (non-hydrogen) atoms. The number of fused-ring (bicyclic) bond motifs is 13. The van der Waals surface area contributed by atoms with E-state index in [0.29, 0.717) is 17.5 Å². The van der Waals surface area contributed by atoms with Gasteiger partial charge in [0.05, 0.1) is 16.7 Å². The summed E-state index contributed by atoms with van der Waals surface area (Å²) in [5, 5.41) is 11.2. The number of benzene rings is 9. The van der Waals surface area contributed by atoms with E-state index < -0.39 is 0 Å². The molecule has 0 saturated carbocycles. The fraction of sp³-hybridized carbons (Fsp3) is 0. The predicted molar refractivity (Wildman–Crippen MR) is 255 cm³/mol. The van der Waals surface area contributed by atoms with Gasteiger partial charge in [-0.1, -0.05) is 97.1 Å². The van der Waals surface area contributed by atoms with Gasteiger partial charge in [0, 0.05) is 75.2 Å². The van der Waals surface area contributed by atoms with Crippen molar-refractivity contribution in [3.63, 3.8) is 0 Å². The smallest absolute Gasteiger partial charge is 0.166 e. The molecular weight excluding hydrogens is 781 g/mol. The van der Waals surface area contributed by atoms with E-state index in [1.165, 1.54) is 36.3 Å². The van der Waals surface area contributed by atoms with Crippen molar-refractivity contribution in [2.24, 2.45) is 0 Å². The summed E-state index contributed by atoms with van der Waals surface area (Å²) >= 11 is 1.80. The molecule has 0 radical (unpaired) electrons. The zero-order chi connectivity index (χ0) is 40.5. The maximum absolute atomic E-state index is 6.62. The lowest BCUT2D eigenvalue weighted by Crippen LogP contribution is -2.04. The lowest BCUT2D eigenvalue weighted by molar-refractivity contribution is 0.668. The molecular formula is C55H30N4O2S. The minimum atomic E-state index is 0.561. The number of hydrogen-bond acceptors (Lipinski definition) is 6. The van der Waals surface area contributed by atoms with Crippen LogP contribution in [-0.2, 0) is 0 Å². The highest BCUT2D eigenvalue weighted by atomic mass is 32.1. The van der Waals surface area contributed by atoms with Gasteiger partial charge in [0.15, 0.2) is 17.5 Å². The summed E-state index contributed by atoms with van der Waals surface area (Å²) in [5.74, 6) is 1.73. The molecule has 0 aliphatic heterocycles. The molecule has 9 aromatic carbocycles.